The number of ether oxygens (including phenoxy) is 1. The lowest BCUT2D eigenvalue weighted by Crippen LogP contribution is -2.37. The van der Waals surface area contributed by atoms with Gasteiger partial charge in [0, 0.05) is 38.1 Å². The van der Waals surface area contributed by atoms with Crippen molar-refractivity contribution in [2.45, 2.75) is 11.3 Å². The van der Waals surface area contributed by atoms with Crippen LogP contribution >= 0.6 is 0 Å². The predicted molar refractivity (Wildman–Crippen MR) is 158 cm³/mol. The van der Waals surface area contributed by atoms with E-state index in [2.05, 4.69) is 22.3 Å². The van der Waals surface area contributed by atoms with E-state index in [-0.39, 0.29) is 10.8 Å². The molecule has 1 aliphatic heterocycles. The first-order valence-electron chi connectivity index (χ1n) is 13.2. The molecule has 0 spiro atoms. The molecule has 8 nitrogen and oxygen atoms in total. The molecule has 1 amide bonds. The van der Waals surface area contributed by atoms with Crippen LogP contribution in [0.15, 0.2) is 102 Å². The summed E-state index contributed by atoms with van der Waals surface area (Å²) in [6.07, 6.45) is 6.80. The Kier molecular flexibility index (Phi) is 8.45. The van der Waals surface area contributed by atoms with Crippen molar-refractivity contribution in [3.05, 3.63) is 108 Å². The molecule has 0 saturated carbocycles. The summed E-state index contributed by atoms with van der Waals surface area (Å²) in [5, 5.41) is 2.71. The fourth-order valence-corrected chi connectivity index (χ4v) is 5.78. The number of hydrogen-bond donors (Lipinski definition) is 2. The molecular weight excluding hydrogens is 524 g/mol. The Hall–Kier alpha value is -4.18. The maximum Gasteiger partial charge on any atom is 0.267 e. The van der Waals surface area contributed by atoms with E-state index in [1.54, 1.807) is 54.6 Å². The summed E-state index contributed by atoms with van der Waals surface area (Å²) in [6.45, 7) is 4.52. The highest BCUT2D eigenvalue weighted by atomic mass is 32.2. The number of carbonyl (C=O) groups excluding carboxylic acids is 1. The molecule has 1 saturated heterocycles. The molecule has 1 aromatic heterocycles. The second kappa shape index (κ2) is 12.3. The maximum atomic E-state index is 13.4. The monoisotopic (exact) mass is 556 g/mol. The first kappa shape index (κ1) is 27.4. The van der Waals surface area contributed by atoms with Gasteiger partial charge in [0.15, 0.2) is 0 Å². The molecule has 9 heteroatoms. The molecule has 40 heavy (non-hydrogen) atoms. The van der Waals surface area contributed by atoms with Gasteiger partial charge in [-0.15, -0.1) is 0 Å². The molecule has 4 aromatic rings. The van der Waals surface area contributed by atoms with Crippen molar-refractivity contribution in [2.75, 3.05) is 43.9 Å². The van der Waals surface area contributed by atoms with E-state index >= 15 is 0 Å². The predicted octanol–water partition coefficient (Wildman–Crippen LogP) is 4.50. The Bertz CT molecular complexity index is 1600. The minimum absolute atomic E-state index is 0.185. The molecule has 3 aromatic carbocycles. The van der Waals surface area contributed by atoms with E-state index in [1.807, 2.05) is 18.2 Å². The Morgan fingerprint density at radius 3 is 2.50 bits per heavy atom. The Labute approximate surface area is 234 Å². The van der Waals surface area contributed by atoms with Gasteiger partial charge in [-0.25, -0.2) is 12.4 Å². The minimum atomic E-state index is -3.82. The molecule has 206 valence electrons. The van der Waals surface area contributed by atoms with Crippen LogP contribution in [0.4, 0.5) is 11.4 Å². The van der Waals surface area contributed by atoms with Crippen LogP contribution in [-0.2, 0) is 26.0 Å². The molecule has 3 N–H and O–H groups in total. The van der Waals surface area contributed by atoms with Gasteiger partial charge in [0.2, 0.25) is 5.91 Å². The van der Waals surface area contributed by atoms with Crippen LogP contribution in [0.2, 0.25) is 0 Å². The average Bonchev–Trinajstić information content (AvgIpc) is 3.47. The first-order chi connectivity index (χ1) is 19.4. The Morgan fingerprint density at radius 1 is 0.950 bits per heavy atom. The van der Waals surface area contributed by atoms with Gasteiger partial charge in [-0.2, -0.15) is 0 Å². The first-order valence-corrected chi connectivity index (χ1v) is 14.6. The summed E-state index contributed by atoms with van der Waals surface area (Å²) in [7, 11) is -3.82. The third-order valence-electron chi connectivity index (χ3n) is 6.85. The summed E-state index contributed by atoms with van der Waals surface area (Å²) < 4.78 is 33.3. The van der Waals surface area contributed by atoms with Gasteiger partial charge in [-0.05, 0) is 65.1 Å². The average molecular weight is 557 g/mol. The van der Waals surface area contributed by atoms with Crippen molar-refractivity contribution in [1.29, 1.82) is 0 Å². The number of benzene rings is 3. The van der Waals surface area contributed by atoms with E-state index in [1.165, 1.54) is 24.0 Å². The van der Waals surface area contributed by atoms with Gasteiger partial charge in [-0.3, -0.25) is 9.69 Å². The molecule has 2 heterocycles. The smallest absolute Gasteiger partial charge is 0.267 e. The number of nitrogen functional groups attached to an aromatic ring is 1. The molecule has 0 aliphatic carbocycles. The van der Waals surface area contributed by atoms with Gasteiger partial charge in [0.05, 0.1) is 29.5 Å². The number of amides is 1. The third kappa shape index (κ3) is 6.69. The number of nitrogens with two attached hydrogens (primary N) is 1. The second-order valence-corrected chi connectivity index (χ2v) is 11.5. The molecule has 1 aliphatic rings. The van der Waals surface area contributed by atoms with Crippen molar-refractivity contribution in [1.82, 2.24) is 8.87 Å². The standard InChI is InChI=1S/C31H32N4O4S/c32-29-6-1-2-7-30(29)33-31(36)13-10-25-15-17-35(23-25)40(37,38)28-5-3-4-27(22-28)26-11-8-24(9-12-26)14-16-34-18-20-39-21-19-34/h1-13,15,17,22-23H,14,16,18-21,32H2,(H,33,36)/b13-10+. The van der Waals surface area contributed by atoms with E-state index in [4.69, 9.17) is 10.5 Å². The maximum absolute atomic E-state index is 13.4. The van der Waals surface area contributed by atoms with Gasteiger partial charge in [-0.1, -0.05) is 48.5 Å². The van der Waals surface area contributed by atoms with Crippen molar-refractivity contribution < 1.29 is 17.9 Å². The zero-order valence-electron chi connectivity index (χ0n) is 22.1. The van der Waals surface area contributed by atoms with E-state index in [0.717, 1.165) is 54.4 Å². The topological polar surface area (TPSA) is 107 Å². The van der Waals surface area contributed by atoms with Crippen LogP contribution in [0.25, 0.3) is 17.2 Å². The van der Waals surface area contributed by atoms with Gasteiger partial charge in [0.25, 0.3) is 10.0 Å². The van der Waals surface area contributed by atoms with Crippen LogP contribution in [0, 0.1) is 0 Å². The highest BCUT2D eigenvalue weighted by Gasteiger charge is 2.17. The van der Waals surface area contributed by atoms with Crippen LogP contribution in [0.5, 0.6) is 0 Å². The lowest BCUT2D eigenvalue weighted by atomic mass is 10.0. The molecular formula is C31H32N4O4S. The number of rotatable bonds is 9. The number of carbonyl (C=O) groups is 1. The second-order valence-electron chi connectivity index (χ2n) is 9.62. The number of nitrogens with zero attached hydrogens (tertiary/aromatic N) is 2. The van der Waals surface area contributed by atoms with E-state index in [0.29, 0.717) is 16.9 Å². The van der Waals surface area contributed by atoms with Crippen molar-refractivity contribution in [3.63, 3.8) is 0 Å². The van der Waals surface area contributed by atoms with Crippen LogP contribution < -0.4 is 11.1 Å². The summed E-state index contributed by atoms with van der Waals surface area (Å²) in [6, 6.07) is 23.8. The highest BCUT2D eigenvalue weighted by molar-refractivity contribution is 7.90. The SMILES string of the molecule is Nc1ccccc1NC(=O)/C=C/c1ccn(S(=O)(=O)c2cccc(-c3ccc(CCN4CCOCC4)cc3)c2)c1. The number of anilines is 2. The molecule has 0 bridgehead atoms. The quantitative estimate of drug-likeness (QED) is 0.232. The lowest BCUT2D eigenvalue weighted by Gasteiger charge is -2.26. The fraction of sp³-hybridized carbons (Fsp3) is 0.194. The number of hydrogen-bond acceptors (Lipinski definition) is 6. The summed E-state index contributed by atoms with van der Waals surface area (Å²) in [5.74, 6) is -0.367. The Balaban J connectivity index is 1.25. The number of para-hydroxylation sites is 2. The normalized spacial score (nSPS) is 14.4. The fourth-order valence-electron chi connectivity index (χ4n) is 4.53. The molecule has 0 atom stereocenters. The van der Waals surface area contributed by atoms with Crippen LogP contribution in [0.1, 0.15) is 11.1 Å². The molecule has 5 rings (SSSR count). The van der Waals surface area contributed by atoms with Gasteiger partial charge < -0.3 is 15.8 Å². The van der Waals surface area contributed by atoms with Gasteiger partial charge >= 0.3 is 0 Å². The number of nitrogens with one attached hydrogen (secondary N) is 1. The van der Waals surface area contributed by atoms with Crippen LogP contribution in [0.3, 0.4) is 0 Å². The lowest BCUT2D eigenvalue weighted by molar-refractivity contribution is -0.111. The van der Waals surface area contributed by atoms with Crippen molar-refractivity contribution in [2.24, 2.45) is 0 Å². The number of morpholine rings is 1. The Morgan fingerprint density at radius 2 is 1.73 bits per heavy atom. The number of aromatic nitrogens is 1. The van der Waals surface area contributed by atoms with Gasteiger partial charge in [0.1, 0.15) is 0 Å². The zero-order valence-corrected chi connectivity index (χ0v) is 22.9. The van der Waals surface area contributed by atoms with Crippen molar-refractivity contribution >= 4 is 33.4 Å². The largest absolute Gasteiger partial charge is 0.397 e. The summed E-state index contributed by atoms with van der Waals surface area (Å²) in [5.41, 5.74) is 10.4. The highest BCUT2D eigenvalue weighted by Crippen LogP contribution is 2.25. The molecule has 1 fully saturated rings. The minimum Gasteiger partial charge on any atom is -0.397 e. The van der Waals surface area contributed by atoms with E-state index < -0.39 is 10.0 Å². The molecule has 0 unspecified atom stereocenters. The summed E-state index contributed by atoms with van der Waals surface area (Å²) in [4.78, 5) is 14.9. The van der Waals surface area contributed by atoms with Crippen molar-refractivity contribution in [3.8, 4) is 11.1 Å². The summed E-state index contributed by atoms with van der Waals surface area (Å²) >= 11 is 0. The third-order valence-corrected chi connectivity index (χ3v) is 8.49. The van der Waals surface area contributed by atoms with Crippen LogP contribution in [-0.4, -0.2) is 56.0 Å². The van der Waals surface area contributed by atoms with E-state index in [9.17, 15) is 13.2 Å². The molecule has 0 radical (unpaired) electrons. The zero-order chi connectivity index (χ0) is 28.0.